The largest absolute Gasteiger partial charge is 0.483 e. The molecule has 0 saturated carbocycles. The number of hydrogen-bond donors (Lipinski definition) is 2. The fraction of sp³-hybridized carbons (Fsp3) is 0.312. The molecule has 0 radical (unpaired) electrons. The van der Waals surface area contributed by atoms with Crippen LogP contribution in [-0.2, 0) is 0 Å². The number of H-pyrrole nitrogens is 1. The second kappa shape index (κ2) is 5.48. The number of nitrogens with zero attached hydrogens (tertiary/aromatic N) is 3. The normalized spacial score (nSPS) is 21.4. The van der Waals surface area contributed by atoms with Crippen LogP contribution in [0.5, 0.6) is 5.75 Å². The zero-order chi connectivity index (χ0) is 15.8. The highest BCUT2D eigenvalue weighted by Crippen LogP contribution is 2.35. The zero-order valence-electron chi connectivity index (χ0n) is 12.2. The summed E-state index contributed by atoms with van der Waals surface area (Å²) in [5.41, 5.74) is 1.57. The maximum Gasteiger partial charge on any atom is 0.183 e. The molecule has 3 aromatic rings. The maximum absolute atomic E-state index is 14.1. The van der Waals surface area contributed by atoms with Crippen LogP contribution < -0.4 is 10.1 Å². The molecule has 3 aromatic heterocycles. The molecule has 0 aromatic carbocycles. The van der Waals surface area contributed by atoms with Gasteiger partial charge < -0.3 is 15.0 Å². The van der Waals surface area contributed by atoms with E-state index in [2.05, 4.69) is 20.3 Å². The molecule has 6 nitrogen and oxygen atoms in total. The van der Waals surface area contributed by atoms with Crippen molar-refractivity contribution in [1.29, 1.82) is 5.26 Å². The van der Waals surface area contributed by atoms with Crippen molar-refractivity contribution in [3.05, 3.63) is 30.2 Å². The predicted molar refractivity (Wildman–Crippen MR) is 82.9 cm³/mol. The van der Waals surface area contributed by atoms with Gasteiger partial charge in [0.05, 0.1) is 17.1 Å². The van der Waals surface area contributed by atoms with Crippen LogP contribution in [0.2, 0.25) is 0 Å². The van der Waals surface area contributed by atoms with Crippen molar-refractivity contribution in [1.82, 2.24) is 20.3 Å². The van der Waals surface area contributed by atoms with Crippen LogP contribution >= 0.6 is 0 Å². The fourth-order valence-electron chi connectivity index (χ4n) is 2.96. The molecule has 1 fully saturated rings. The topological polar surface area (TPSA) is 86.6 Å². The van der Waals surface area contributed by atoms with Gasteiger partial charge in [-0.2, -0.15) is 5.26 Å². The lowest BCUT2D eigenvalue weighted by atomic mass is 10.1. The molecule has 4 heterocycles. The van der Waals surface area contributed by atoms with Crippen molar-refractivity contribution < 1.29 is 9.13 Å². The highest BCUT2D eigenvalue weighted by molar-refractivity contribution is 6.09. The standard InChI is InChI=1S/C16H14FN5O/c17-10-7-19-5-3-13(10)23-15-11(6-18)21-8-12-14(15)9-2-1-4-20-16(9)22-12/h1-2,4,8,10,13,19H,3,5,7H2,(H,20,22)/t10-,13-/m0/s1. The summed E-state index contributed by atoms with van der Waals surface area (Å²) in [6, 6.07) is 5.75. The molecule has 116 valence electrons. The summed E-state index contributed by atoms with van der Waals surface area (Å²) in [5, 5.41) is 13.9. The van der Waals surface area contributed by atoms with E-state index in [9.17, 15) is 9.65 Å². The van der Waals surface area contributed by atoms with Crippen molar-refractivity contribution in [2.75, 3.05) is 13.1 Å². The average Bonchev–Trinajstić information content (AvgIpc) is 2.96. The molecule has 2 atom stereocenters. The number of alkyl halides is 1. The first-order chi connectivity index (χ1) is 11.3. The lowest BCUT2D eigenvalue weighted by molar-refractivity contribution is 0.0739. The summed E-state index contributed by atoms with van der Waals surface area (Å²) in [4.78, 5) is 11.5. The van der Waals surface area contributed by atoms with Gasteiger partial charge in [-0.1, -0.05) is 0 Å². The molecule has 0 unspecified atom stereocenters. The summed E-state index contributed by atoms with van der Waals surface area (Å²) in [7, 11) is 0. The minimum Gasteiger partial charge on any atom is -0.483 e. The van der Waals surface area contributed by atoms with Crippen molar-refractivity contribution in [2.45, 2.75) is 18.7 Å². The highest BCUT2D eigenvalue weighted by Gasteiger charge is 2.28. The summed E-state index contributed by atoms with van der Waals surface area (Å²) >= 11 is 0. The zero-order valence-corrected chi connectivity index (χ0v) is 12.2. The van der Waals surface area contributed by atoms with Crippen LogP contribution in [0.4, 0.5) is 4.39 Å². The molecular weight excluding hydrogens is 297 g/mol. The number of pyridine rings is 2. The van der Waals surface area contributed by atoms with Gasteiger partial charge in [0.25, 0.3) is 0 Å². The lowest BCUT2D eigenvalue weighted by Crippen LogP contribution is -2.44. The Morgan fingerprint density at radius 3 is 3.13 bits per heavy atom. The molecule has 1 aliphatic rings. The van der Waals surface area contributed by atoms with Crippen molar-refractivity contribution in [2.24, 2.45) is 0 Å². The number of aromatic amines is 1. The molecular formula is C16H14FN5O. The Morgan fingerprint density at radius 2 is 2.30 bits per heavy atom. The van der Waals surface area contributed by atoms with E-state index in [1.807, 2.05) is 18.2 Å². The Kier molecular flexibility index (Phi) is 3.32. The van der Waals surface area contributed by atoms with Crippen LogP contribution in [-0.4, -0.2) is 40.3 Å². The minimum absolute atomic E-state index is 0.160. The second-order valence-corrected chi connectivity index (χ2v) is 5.53. The molecule has 1 saturated heterocycles. The van der Waals surface area contributed by atoms with Gasteiger partial charge in [0.2, 0.25) is 0 Å². The van der Waals surface area contributed by atoms with Crippen LogP contribution in [0.25, 0.3) is 21.9 Å². The summed E-state index contributed by atoms with van der Waals surface area (Å²) in [6.07, 6.45) is 2.11. The summed E-state index contributed by atoms with van der Waals surface area (Å²) in [6.45, 7) is 0.942. The van der Waals surface area contributed by atoms with E-state index in [1.54, 1.807) is 12.4 Å². The third kappa shape index (κ3) is 2.28. The number of fused-ring (bicyclic) bond motifs is 3. The van der Waals surface area contributed by atoms with E-state index in [-0.39, 0.29) is 12.2 Å². The van der Waals surface area contributed by atoms with E-state index in [1.165, 1.54) is 0 Å². The Labute approximate surface area is 131 Å². The van der Waals surface area contributed by atoms with Gasteiger partial charge in [-0.05, 0) is 25.1 Å². The van der Waals surface area contributed by atoms with E-state index >= 15 is 0 Å². The first-order valence-electron chi connectivity index (χ1n) is 7.45. The van der Waals surface area contributed by atoms with Gasteiger partial charge in [0.15, 0.2) is 11.4 Å². The summed E-state index contributed by atoms with van der Waals surface area (Å²) in [5.74, 6) is 0.332. The highest BCUT2D eigenvalue weighted by atomic mass is 19.1. The molecule has 0 aliphatic carbocycles. The Balaban J connectivity index is 1.90. The number of ether oxygens (including phenoxy) is 1. The van der Waals surface area contributed by atoms with Crippen LogP contribution in [0.15, 0.2) is 24.5 Å². The number of rotatable bonds is 2. The Hall–Kier alpha value is -2.72. The fourth-order valence-corrected chi connectivity index (χ4v) is 2.96. The first-order valence-corrected chi connectivity index (χ1v) is 7.45. The number of halogens is 1. The maximum atomic E-state index is 14.1. The van der Waals surface area contributed by atoms with Gasteiger partial charge >= 0.3 is 0 Å². The van der Waals surface area contributed by atoms with Crippen LogP contribution in [0.3, 0.4) is 0 Å². The van der Waals surface area contributed by atoms with E-state index < -0.39 is 12.3 Å². The third-order valence-corrected chi connectivity index (χ3v) is 4.09. The minimum atomic E-state index is -1.12. The molecule has 0 amide bonds. The number of nitriles is 1. The van der Waals surface area contributed by atoms with Gasteiger partial charge in [0, 0.05) is 18.1 Å². The smallest absolute Gasteiger partial charge is 0.183 e. The van der Waals surface area contributed by atoms with Gasteiger partial charge in [-0.25, -0.2) is 14.4 Å². The van der Waals surface area contributed by atoms with E-state index in [4.69, 9.17) is 4.74 Å². The molecule has 1 aliphatic heterocycles. The Bertz CT molecular complexity index is 916. The molecule has 0 spiro atoms. The number of aromatic nitrogens is 3. The molecule has 23 heavy (non-hydrogen) atoms. The SMILES string of the molecule is N#Cc1ncc2[nH]c3ncccc3c2c1O[C@H]1CCNC[C@@H]1F. The van der Waals surface area contributed by atoms with E-state index in [0.29, 0.717) is 24.4 Å². The van der Waals surface area contributed by atoms with Gasteiger partial charge in [-0.15, -0.1) is 0 Å². The summed E-state index contributed by atoms with van der Waals surface area (Å²) < 4.78 is 20.0. The number of hydrogen-bond acceptors (Lipinski definition) is 5. The lowest BCUT2D eigenvalue weighted by Gasteiger charge is -2.27. The van der Waals surface area contributed by atoms with Crippen LogP contribution in [0.1, 0.15) is 12.1 Å². The molecule has 2 N–H and O–H groups in total. The molecule has 4 rings (SSSR count). The van der Waals surface area contributed by atoms with Crippen molar-refractivity contribution in [3.8, 4) is 11.8 Å². The Morgan fingerprint density at radius 1 is 1.39 bits per heavy atom. The molecule has 7 heteroatoms. The van der Waals surface area contributed by atoms with Gasteiger partial charge in [0.1, 0.15) is 24.0 Å². The predicted octanol–water partition coefficient (Wildman–Crippen LogP) is 2.06. The third-order valence-electron chi connectivity index (χ3n) is 4.09. The average molecular weight is 311 g/mol. The number of nitrogens with one attached hydrogen (secondary N) is 2. The quantitative estimate of drug-likeness (QED) is 0.756. The number of piperidine rings is 1. The monoisotopic (exact) mass is 311 g/mol. The van der Waals surface area contributed by atoms with Gasteiger partial charge in [-0.3, -0.25) is 0 Å². The first kappa shape index (κ1) is 13.9. The van der Waals surface area contributed by atoms with E-state index in [0.717, 1.165) is 16.3 Å². The van der Waals surface area contributed by atoms with Crippen molar-refractivity contribution in [3.63, 3.8) is 0 Å². The molecule has 0 bridgehead atoms. The van der Waals surface area contributed by atoms with Crippen LogP contribution in [0, 0.1) is 11.3 Å². The van der Waals surface area contributed by atoms with Crippen molar-refractivity contribution >= 4 is 21.9 Å². The second-order valence-electron chi connectivity index (χ2n) is 5.53.